The molecule has 0 amide bonds. The zero-order valence-corrected chi connectivity index (χ0v) is 8.67. The number of nitrogen functional groups attached to an aromatic ring is 1. The minimum absolute atomic E-state index is 0.307. The minimum atomic E-state index is 0.307. The zero-order valence-electron chi connectivity index (χ0n) is 8.67. The Morgan fingerprint density at radius 2 is 2.47 bits per heavy atom. The number of anilines is 1. The summed E-state index contributed by atoms with van der Waals surface area (Å²) in [5.74, 6) is 1.27. The van der Waals surface area contributed by atoms with Crippen LogP contribution < -0.4 is 5.73 Å². The first-order chi connectivity index (χ1) is 7.31. The van der Waals surface area contributed by atoms with Crippen LogP contribution in [0.25, 0.3) is 0 Å². The fourth-order valence-electron chi connectivity index (χ4n) is 2.82. The molecular weight excluding hydrogens is 192 g/mol. The summed E-state index contributed by atoms with van der Waals surface area (Å²) in [7, 11) is 0. The largest absolute Gasteiger partial charge is 0.381 e. The topological polar surface area (TPSA) is 66.0 Å². The van der Waals surface area contributed by atoms with Crippen LogP contribution in [0.3, 0.4) is 0 Å². The fraction of sp³-hybridized carbons (Fsp3) is 0.800. The molecule has 82 valence electrons. The van der Waals surface area contributed by atoms with Crippen molar-refractivity contribution in [2.24, 2.45) is 5.92 Å². The van der Waals surface area contributed by atoms with Gasteiger partial charge in [-0.1, -0.05) is 11.6 Å². The summed E-state index contributed by atoms with van der Waals surface area (Å²) < 4.78 is 7.75. The molecule has 15 heavy (non-hydrogen) atoms. The predicted molar refractivity (Wildman–Crippen MR) is 55.1 cm³/mol. The Morgan fingerprint density at radius 1 is 1.53 bits per heavy atom. The molecule has 1 saturated carbocycles. The smallest absolute Gasteiger partial charge is 0.165 e. The second-order valence-corrected chi connectivity index (χ2v) is 4.59. The number of hydrogen-bond donors (Lipinski definition) is 1. The predicted octanol–water partition coefficient (Wildman–Crippen LogP) is 0.818. The van der Waals surface area contributed by atoms with Crippen LogP contribution in [0.15, 0.2) is 6.20 Å². The van der Waals surface area contributed by atoms with Gasteiger partial charge in [-0.3, -0.25) is 0 Å². The van der Waals surface area contributed by atoms with Crippen molar-refractivity contribution in [3.8, 4) is 0 Å². The number of hydrogen-bond acceptors (Lipinski definition) is 4. The number of nitrogens with zero attached hydrogens (tertiary/aromatic N) is 3. The molecule has 3 atom stereocenters. The van der Waals surface area contributed by atoms with E-state index in [1.807, 2.05) is 0 Å². The molecule has 0 spiro atoms. The Hall–Kier alpha value is -1.10. The van der Waals surface area contributed by atoms with E-state index in [0.29, 0.717) is 18.0 Å². The Morgan fingerprint density at radius 3 is 3.20 bits per heavy atom. The normalized spacial score (nSPS) is 34.5. The lowest BCUT2D eigenvalue weighted by Crippen LogP contribution is -2.17. The highest BCUT2D eigenvalue weighted by Crippen LogP contribution is 2.39. The van der Waals surface area contributed by atoms with Crippen LogP contribution in [0.4, 0.5) is 5.82 Å². The van der Waals surface area contributed by atoms with E-state index in [2.05, 4.69) is 10.3 Å². The summed E-state index contributed by atoms with van der Waals surface area (Å²) in [4.78, 5) is 0. The second-order valence-electron chi connectivity index (χ2n) is 4.59. The molecule has 0 aromatic carbocycles. The van der Waals surface area contributed by atoms with Gasteiger partial charge in [0.2, 0.25) is 0 Å². The van der Waals surface area contributed by atoms with Gasteiger partial charge in [0.05, 0.1) is 24.9 Å². The number of fused-ring (bicyclic) bond motifs is 1. The van der Waals surface area contributed by atoms with Crippen molar-refractivity contribution in [3.63, 3.8) is 0 Å². The highest BCUT2D eigenvalue weighted by molar-refractivity contribution is 5.19. The van der Waals surface area contributed by atoms with Gasteiger partial charge >= 0.3 is 0 Å². The molecule has 1 aromatic heterocycles. The summed E-state index contributed by atoms with van der Waals surface area (Å²) in [5, 5.41) is 7.70. The molecule has 3 rings (SSSR count). The summed E-state index contributed by atoms with van der Waals surface area (Å²) in [6.07, 6.45) is 7.65. The van der Waals surface area contributed by atoms with Crippen molar-refractivity contribution in [2.45, 2.75) is 44.4 Å². The fourth-order valence-corrected chi connectivity index (χ4v) is 2.82. The molecule has 2 aliphatic rings. The van der Waals surface area contributed by atoms with Crippen LogP contribution >= 0.6 is 0 Å². The first kappa shape index (κ1) is 9.15. The van der Waals surface area contributed by atoms with Crippen molar-refractivity contribution in [1.29, 1.82) is 0 Å². The summed E-state index contributed by atoms with van der Waals surface area (Å²) in [6, 6.07) is 0. The molecule has 1 aromatic rings. The third kappa shape index (κ3) is 1.71. The highest BCUT2D eigenvalue weighted by atomic mass is 16.5. The van der Waals surface area contributed by atoms with Gasteiger partial charge < -0.3 is 10.5 Å². The van der Waals surface area contributed by atoms with Crippen molar-refractivity contribution in [2.75, 3.05) is 5.73 Å². The van der Waals surface area contributed by atoms with Gasteiger partial charge in [0.25, 0.3) is 0 Å². The first-order valence-electron chi connectivity index (χ1n) is 5.62. The lowest BCUT2D eigenvalue weighted by molar-refractivity contribution is 0.0300. The molecular formula is C10H16N4O. The second kappa shape index (κ2) is 3.48. The molecule has 0 radical (unpaired) electrons. The van der Waals surface area contributed by atoms with Crippen molar-refractivity contribution >= 4 is 5.82 Å². The molecule has 2 fully saturated rings. The molecule has 5 heteroatoms. The van der Waals surface area contributed by atoms with E-state index < -0.39 is 0 Å². The number of ether oxygens (including phenoxy) is 1. The first-order valence-corrected chi connectivity index (χ1v) is 5.62. The Kier molecular flexibility index (Phi) is 2.12. The quantitative estimate of drug-likeness (QED) is 0.781. The van der Waals surface area contributed by atoms with Gasteiger partial charge in [0.15, 0.2) is 5.82 Å². The molecule has 1 saturated heterocycles. The Balaban J connectivity index is 1.61. The summed E-state index contributed by atoms with van der Waals surface area (Å²) in [5.41, 5.74) is 5.51. The van der Waals surface area contributed by atoms with Gasteiger partial charge in [-0.05, 0) is 25.2 Å². The van der Waals surface area contributed by atoms with Gasteiger partial charge in [0, 0.05) is 0 Å². The van der Waals surface area contributed by atoms with E-state index in [-0.39, 0.29) is 0 Å². The third-order valence-corrected chi connectivity index (χ3v) is 3.47. The van der Waals surface area contributed by atoms with Crippen LogP contribution in [-0.2, 0) is 11.3 Å². The number of aromatic nitrogens is 3. The van der Waals surface area contributed by atoms with E-state index in [1.54, 1.807) is 10.9 Å². The average molecular weight is 208 g/mol. The van der Waals surface area contributed by atoms with E-state index >= 15 is 0 Å². The molecule has 3 unspecified atom stereocenters. The molecule has 1 aliphatic heterocycles. The average Bonchev–Trinajstić information content (AvgIpc) is 2.81. The van der Waals surface area contributed by atoms with E-state index in [9.17, 15) is 0 Å². The maximum absolute atomic E-state index is 5.97. The van der Waals surface area contributed by atoms with Crippen molar-refractivity contribution < 1.29 is 4.74 Å². The molecule has 1 aliphatic carbocycles. The summed E-state index contributed by atoms with van der Waals surface area (Å²) in [6.45, 7) is 0.789. The van der Waals surface area contributed by atoms with E-state index in [0.717, 1.165) is 12.5 Å². The minimum Gasteiger partial charge on any atom is -0.381 e. The highest BCUT2D eigenvalue weighted by Gasteiger charge is 2.38. The maximum atomic E-state index is 5.97. The van der Waals surface area contributed by atoms with Crippen LogP contribution in [0.1, 0.15) is 25.7 Å². The summed E-state index contributed by atoms with van der Waals surface area (Å²) >= 11 is 0. The zero-order chi connectivity index (χ0) is 10.3. The molecule has 2 N–H and O–H groups in total. The van der Waals surface area contributed by atoms with Gasteiger partial charge in [-0.25, -0.2) is 4.68 Å². The van der Waals surface area contributed by atoms with E-state index in [4.69, 9.17) is 10.5 Å². The third-order valence-electron chi connectivity index (χ3n) is 3.47. The standard InChI is InChI=1S/C10H16N4O/c11-10-6-14(13-12-10)5-8-4-7-2-1-3-9(7)15-8/h6-9H,1-5,11H2. The van der Waals surface area contributed by atoms with Crippen LogP contribution in [0.5, 0.6) is 0 Å². The van der Waals surface area contributed by atoms with Gasteiger partial charge in [-0.2, -0.15) is 0 Å². The van der Waals surface area contributed by atoms with Gasteiger partial charge in [-0.15, -0.1) is 5.10 Å². The van der Waals surface area contributed by atoms with Crippen molar-refractivity contribution in [3.05, 3.63) is 6.20 Å². The van der Waals surface area contributed by atoms with Gasteiger partial charge in [0.1, 0.15) is 0 Å². The van der Waals surface area contributed by atoms with Crippen LogP contribution in [-0.4, -0.2) is 27.2 Å². The van der Waals surface area contributed by atoms with E-state index in [1.165, 1.54) is 25.7 Å². The lowest BCUT2D eigenvalue weighted by atomic mass is 10.0. The van der Waals surface area contributed by atoms with Crippen LogP contribution in [0, 0.1) is 5.92 Å². The van der Waals surface area contributed by atoms with Crippen molar-refractivity contribution in [1.82, 2.24) is 15.0 Å². The molecule has 5 nitrogen and oxygen atoms in total. The Labute approximate surface area is 88.6 Å². The lowest BCUT2D eigenvalue weighted by Gasteiger charge is -2.11. The monoisotopic (exact) mass is 208 g/mol. The Bertz CT molecular complexity index is 339. The molecule has 2 heterocycles. The molecule has 0 bridgehead atoms. The number of nitrogens with two attached hydrogens (primary N) is 1. The van der Waals surface area contributed by atoms with Crippen LogP contribution in [0.2, 0.25) is 0 Å². The SMILES string of the molecule is Nc1cn(CC2CC3CCCC3O2)nn1. The number of rotatable bonds is 2. The maximum Gasteiger partial charge on any atom is 0.165 e.